The van der Waals surface area contributed by atoms with Crippen molar-refractivity contribution in [2.75, 3.05) is 5.73 Å². The van der Waals surface area contributed by atoms with Crippen molar-refractivity contribution >= 4 is 15.7 Å². The summed E-state index contributed by atoms with van der Waals surface area (Å²) in [5.41, 5.74) is 7.38. The Bertz CT molecular complexity index is 750. The molecule has 112 valence electrons. The summed E-state index contributed by atoms with van der Waals surface area (Å²) in [6.07, 6.45) is 4.70. The van der Waals surface area contributed by atoms with Crippen molar-refractivity contribution in [3.63, 3.8) is 0 Å². The first-order chi connectivity index (χ1) is 9.98. The molecule has 1 aliphatic carbocycles. The van der Waals surface area contributed by atoms with Gasteiger partial charge in [-0.25, -0.2) is 8.42 Å². The minimum atomic E-state index is -3.54. The smallest absolute Gasteiger partial charge is 0.246 e. The Morgan fingerprint density at radius 2 is 2.10 bits per heavy atom. The van der Waals surface area contributed by atoms with Crippen LogP contribution in [0.2, 0.25) is 0 Å². The molecule has 0 amide bonds. The lowest BCUT2D eigenvalue weighted by Crippen LogP contribution is -2.32. The summed E-state index contributed by atoms with van der Waals surface area (Å²) in [6, 6.07) is 7.43. The van der Waals surface area contributed by atoms with Gasteiger partial charge in [-0.3, -0.25) is 4.68 Å². The van der Waals surface area contributed by atoms with E-state index in [0.29, 0.717) is 12.2 Å². The predicted molar refractivity (Wildman–Crippen MR) is 79.8 cm³/mol. The number of aromatic nitrogens is 2. The van der Waals surface area contributed by atoms with Crippen molar-refractivity contribution in [2.24, 2.45) is 7.05 Å². The molecule has 6 nitrogen and oxygen atoms in total. The van der Waals surface area contributed by atoms with Crippen LogP contribution in [-0.4, -0.2) is 28.5 Å². The highest BCUT2D eigenvalue weighted by molar-refractivity contribution is 7.89. The fourth-order valence-corrected chi connectivity index (χ4v) is 3.94. The summed E-state index contributed by atoms with van der Waals surface area (Å²) in [6.45, 7) is 0.300. The third kappa shape index (κ3) is 2.79. The Kier molecular flexibility index (Phi) is 3.46. The van der Waals surface area contributed by atoms with E-state index >= 15 is 0 Å². The third-order valence-electron chi connectivity index (χ3n) is 3.62. The lowest BCUT2D eigenvalue weighted by atomic mass is 10.2. The molecule has 7 heteroatoms. The number of para-hydroxylation sites is 1. The number of rotatable bonds is 5. The molecule has 0 unspecified atom stereocenters. The fourth-order valence-electron chi connectivity index (χ4n) is 2.29. The van der Waals surface area contributed by atoms with E-state index in [4.69, 9.17) is 5.73 Å². The average molecular weight is 306 g/mol. The van der Waals surface area contributed by atoms with Crippen LogP contribution in [0.5, 0.6) is 0 Å². The molecule has 0 saturated heterocycles. The Morgan fingerprint density at radius 3 is 2.67 bits per heavy atom. The maximum Gasteiger partial charge on any atom is 0.246 e. The van der Waals surface area contributed by atoms with Gasteiger partial charge in [-0.1, -0.05) is 18.2 Å². The van der Waals surface area contributed by atoms with Gasteiger partial charge < -0.3 is 5.73 Å². The Hall–Kier alpha value is -1.86. The largest absolute Gasteiger partial charge is 0.398 e. The van der Waals surface area contributed by atoms with Crippen molar-refractivity contribution in [3.8, 4) is 0 Å². The van der Waals surface area contributed by atoms with Gasteiger partial charge in [0, 0.05) is 31.5 Å². The van der Waals surface area contributed by atoms with Crippen molar-refractivity contribution in [3.05, 3.63) is 42.2 Å². The van der Waals surface area contributed by atoms with E-state index < -0.39 is 10.0 Å². The molecule has 0 spiro atoms. The minimum absolute atomic E-state index is 0.0646. The third-order valence-corrected chi connectivity index (χ3v) is 5.47. The quantitative estimate of drug-likeness (QED) is 0.846. The zero-order chi connectivity index (χ0) is 15.0. The molecule has 1 heterocycles. The molecular weight excluding hydrogens is 288 g/mol. The zero-order valence-electron chi connectivity index (χ0n) is 11.8. The zero-order valence-corrected chi connectivity index (χ0v) is 12.6. The topological polar surface area (TPSA) is 81.2 Å². The van der Waals surface area contributed by atoms with E-state index in [1.807, 2.05) is 18.2 Å². The number of aryl methyl sites for hydroxylation is 1. The monoisotopic (exact) mass is 306 g/mol. The van der Waals surface area contributed by atoms with Crippen LogP contribution in [0.15, 0.2) is 41.6 Å². The number of nitrogen functional groups attached to an aromatic ring is 1. The van der Waals surface area contributed by atoms with E-state index in [0.717, 1.165) is 18.4 Å². The Morgan fingerprint density at radius 1 is 1.38 bits per heavy atom. The van der Waals surface area contributed by atoms with Crippen LogP contribution in [0.1, 0.15) is 18.4 Å². The van der Waals surface area contributed by atoms with Crippen LogP contribution in [0.4, 0.5) is 5.69 Å². The average Bonchev–Trinajstić information content (AvgIpc) is 3.18. The summed E-state index contributed by atoms with van der Waals surface area (Å²) in [7, 11) is -1.83. The van der Waals surface area contributed by atoms with E-state index in [2.05, 4.69) is 5.10 Å². The predicted octanol–water partition coefficient (Wildman–Crippen LogP) is 1.36. The van der Waals surface area contributed by atoms with Crippen LogP contribution in [-0.2, 0) is 23.6 Å². The van der Waals surface area contributed by atoms with Gasteiger partial charge >= 0.3 is 0 Å². The highest BCUT2D eigenvalue weighted by atomic mass is 32.2. The van der Waals surface area contributed by atoms with Gasteiger partial charge in [0.2, 0.25) is 10.0 Å². The van der Waals surface area contributed by atoms with Gasteiger partial charge in [0.1, 0.15) is 4.90 Å². The molecule has 0 atom stereocenters. The fraction of sp³-hybridized carbons (Fsp3) is 0.357. The lowest BCUT2D eigenvalue weighted by Gasteiger charge is -2.21. The molecular formula is C14H18N4O2S. The molecule has 3 rings (SSSR count). The number of benzene rings is 1. The molecule has 1 aliphatic rings. The molecule has 0 aliphatic heterocycles. The summed E-state index contributed by atoms with van der Waals surface area (Å²) >= 11 is 0. The van der Waals surface area contributed by atoms with Gasteiger partial charge in [-0.2, -0.15) is 9.40 Å². The van der Waals surface area contributed by atoms with Crippen LogP contribution >= 0.6 is 0 Å². The molecule has 21 heavy (non-hydrogen) atoms. The molecule has 1 aromatic carbocycles. The highest BCUT2D eigenvalue weighted by Gasteiger charge is 2.38. The molecule has 1 aromatic heterocycles. The molecule has 0 bridgehead atoms. The van der Waals surface area contributed by atoms with E-state index in [9.17, 15) is 8.42 Å². The minimum Gasteiger partial charge on any atom is -0.398 e. The van der Waals surface area contributed by atoms with Gasteiger partial charge in [-0.05, 0) is 24.5 Å². The van der Waals surface area contributed by atoms with Crippen molar-refractivity contribution in [1.82, 2.24) is 14.1 Å². The van der Waals surface area contributed by atoms with Gasteiger partial charge in [0.15, 0.2) is 0 Å². The van der Waals surface area contributed by atoms with Gasteiger partial charge in [-0.15, -0.1) is 0 Å². The summed E-state index contributed by atoms with van der Waals surface area (Å²) < 4.78 is 28.6. The first kappa shape index (κ1) is 14.1. The van der Waals surface area contributed by atoms with Crippen LogP contribution < -0.4 is 5.73 Å². The van der Waals surface area contributed by atoms with Crippen LogP contribution in [0, 0.1) is 0 Å². The Balaban J connectivity index is 1.94. The van der Waals surface area contributed by atoms with Crippen molar-refractivity contribution in [1.29, 1.82) is 0 Å². The maximum atomic E-state index is 12.8. The van der Waals surface area contributed by atoms with Gasteiger partial charge in [0.25, 0.3) is 0 Å². The molecule has 2 aromatic rings. The number of hydrogen-bond donors (Lipinski definition) is 1. The Labute approximate surface area is 124 Å². The summed E-state index contributed by atoms with van der Waals surface area (Å²) in [4.78, 5) is 0.228. The molecule has 2 N–H and O–H groups in total. The molecule has 0 radical (unpaired) electrons. The maximum absolute atomic E-state index is 12.8. The second kappa shape index (κ2) is 5.16. The number of nitrogens with two attached hydrogens (primary N) is 1. The first-order valence-corrected chi connectivity index (χ1v) is 8.26. The van der Waals surface area contributed by atoms with Crippen molar-refractivity contribution in [2.45, 2.75) is 30.3 Å². The SMILES string of the molecule is Cn1cc(S(=O)(=O)N(Cc2ccccc2N)C2CC2)cn1. The normalized spacial score (nSPS) is 15.5. The molecule has 1 fully saturated rings. The number of nitrogens with zero attached hydrogens (tertiary/aromatic N) is 3. The van der Waals surface area contributed by atoms with Gasteiger partial charge in [0.05, 0.1) is 6.20 Å². The van der Waals surface area contributed by atoms with E-state index in [1.54, 1.807) is 13.1 Å². The summed E-state index contributed by atoms with van der Waals surface area (Å²) in [5.74, 6) is 0. The lowest BCUT2D eigenvalue weighted by molar-refractivity contribution is 0.399. The number of hydrogen-bond acceptors (Lipinski definition) is 4. The van der Waals surface area contributed by atoms with Crippen molar-refractivity contribution < 1.29 is 8.42 Å². The highest BCUT2D eigenvalue weighted by Crippen LogP contribution is 2.34. The number of anilines is 1. The van der Waals surface area contributed by atoms with E-state index in [1.165, 1.54) is 21.4 Å². The van der Waals surface area contributed by atoms with Crippen LogP contribution in [0.3, 0.4) is 0 Å². The van der Waals surface area contributed by atoms with E-state index in [-0.39, 0.29) is 10.9 Å². The standard InChI is InChI=1S/C14H18N4O2S/c1-17-10-13(8-16-17)21(19,20)18(12-6-7-12)9-11-4-2-3-5-14(11)15/h2-5,8,10,12H,6-7,9,15H2,1H3. The first-order valence-electron chi connectivity index (χ1n) is 6.82. The second-order valence-electron chi connectivity index (χ2n) is 5.33. The number of sulfonamides is 1. The molecule has 1 saturated carbocycles. The second-order valence-corrected chi connectivity index (χ2v) is 7.22. The summed E-state index contributed by atoms with van der Waals surface area (Å²) in [5, 5.41) is 3.96. The van der Waals surface area contributed by atoms with Crippen LogP contribution in [0.25, 0.3) is 0 Å².